The summed E-state index contributed by atoms with van der Waals surface area (Å²) in [4.78, 5) is 0. The number of likely N-dealkylation sites (tertiary alicyclic amines) is 1. The molecule has 1 aliphatic rings. The highest BCUT2D eigenvalue weighted by molar-refractivity contribution is 4.79. The fraction of sp³-hybridized carbons (Fsp3) is 1.00. The van der Waals surface area contributed by atoms with E-state index in [0.29, 0.717) is 5.54 Å². The van der Waals surface area contributed by atoms with E-state index in [0.717, 1.165) is 0 Å². The second-order valence-electron chi connectivity index (χ2n) is 9.71. The first kappa shape index (κ1) is 23.0. The van der Waals surface area contributed by atoms with E-state index < -0.39 is 0 Å². The van der Waals surface area contributed by atoms with Crippen molar-refractivity contribution in [2.45, 2.75) is 135 Å². The van der Waals surface area contributed by atoms with Crippen molar-refractivity contribution in [1.82, 2.24) is 0 Å². The summed E-state index contributed by atoms with van der Waals surface area (Å²) in [5, 5.41) is 0. The maximum absolute atomic E-state index is 2.55. The first-order valence-electron chi connectivity index (χ1n) is 11.8. The zero-order valence-corrected chi connectivity index (χ0v) is 18.4. The lowest BCUT2D eigenvalue weighted by atomic mass is 9.82. The molecule has 150 valence electrons. The van der Waals surface area contributed by atoms with Gasteiger partial charge in [-0.05, 0) is 26.2 Å². The lowest BCUT2D eigenvalue weighted by Crippen LogP contribution is -2.60. The molecule has 1 unspecified atom stereocenters. The molecule has 0 aliphatic carbocycles. The Kier molecular flexibility index (Phi) is 12.1. The van der Waals surface area contributed by atoms with Gasteiger partial charge in [0.25, 0.3) is 0 Å². The third kappa shape index (κ3) is 9.45. The molecular weight excluding hydrogens is 302 g/mol. The van der Waals surface area contributed by atoms with Crippen LogP contribution < -0.4 is 0 Å². The lowest BCUT2D eigenvalue weighted by molar-refractivity contribution is -0.945. The third-order valence-corrected chi connectivity index (χ3v) is 7.21. The van der Waals surface area contributed by atoms with Gasteiger partial charge in [0.05, 0.1) is 26.2 Å². The van der Waals surface area contributed by atoms with Crippen LogP contribution in [0.5, 0.6) is 0 Å². The van der Waals surface area contributed by atoms with E-state index in [2.05, 4.69) is 27.9 Å². The first-order chi connectivity index (χ1) is 12.0. The van der Waals surface area contributed by atoms with E-state index >= 15 is 0 Å². The maximum atomic E-state index is 2.55. The fourth-order valence-electron chi connectivity index (χ4n) is 4.71. The van der Waals surface area contributed by atoms with E-state index in [-0.39, 0.29) is 0 Å². The van der Waals surface area contributed by atoms with Gasteiger partial charge in [0, 0.05) is 12.8 Å². The number of quaternary nitrogens is 1. The van der Waals surface area contributed by atoms with Gasteiger partial charge in [-0.15, -0.1) is 0 Å². The van der Waals surface area contributed by atoms with E-state index in [1.54, 1.807) is 0 Å². The Labute approximate surface area is 160 Å². The standard InChI is InChI=1S/C24H50N/c1-5-6-7-8-9-10-11-12-13-14-15-16-17-18-21-24(2)22-19-20-23-25(24,3)4/h5-23H2,1-4H3/q+1. The van der Waals surface area contributed by atoms with Gasteiger partial charge >= 0.3 is 0 Å². The Morgan fingerprint density at radius 1 is 0.640 bits per heavy atom. The molecule has 1 saturated heterocycles. The van der Waals surface area contributed by atoms with Crippen molar-refractivity contribution in [1.29, 1.82) is 0 Å². The predicted molar refractivity (Wildman–Crippen MR) is 114 cm³/mol. The molecule has 0 bridgehead atoms. The molecule has 1 heterocycles. The SMILES string of the molecule is CCCCCCCCCCCCCCCCC1(C)CCCC[N+]1(C)C. The minimum Gasteiger partial charge on any atom is -0.324 e. The third-order valence-electron chi connectivity index (χ3n) is 7.21. The molecule has 0 aromatic rings. The Morgan fingerprint density at radius 2 is 1.08 bits per heavy atom. The van der Waals surface area contributed by atoms with Crippen LogP contribution in [0.3, 0.4) is 0 Å². The molecule has 0 amide bonds. The number of hydrogen-bond acceptors (Lipinski definition) is 0. The number of hydrogen-bond donors (Lipinski definition) is 0. The highest BCUT2D eigenvalue weighted by Gasteiger charge is 2.42. The predicted octanol–water partition coefficient (Wildman–Crippen LogP) is 7.88. The summed E-state index contributed by atoms with van der Waals surface area (Å²) in [6.07, 6.45) is 26.3. The van der Waals surface area contributed by atoms with Crippen molar-refractivity contribution in [3.05, 3.63) is 0 Å². The number of unbranched alkanes of at least 4 members (excludes halogenated alkanes) is 13. The Bertz CT molecular complexity index is 309. The smallest absolute Gasteiger partial charge is 0.0959 e. The summed E-state index contributed by atoms with van der Waals surface area (Å²) in [7, 11) is 4.92. The van der Waals surface area contributed by atoms with Gasteiger partial charge in [0.2, 0.25) is 0 Å². The van der Waals surface area contributed by atoms with Crippen LogP contribution in [0.1, 0.15) is 129 Å². The van der Waals surface area contributed by atoms with Crippen LogP contribution in [0.4, 0.5) is 0 Å². The molecule has 0 radical (unpaired) electrons. The van der Waals surface area contributed by atoms with Gasteiger partial charge in [-0.3, -0.25) is 0 Å². The largest absolute Gasteiger partial charge is 0.324 e. The second-order valence-corrected chi connectivity index (χ2v) is 9.71. The zero-order valence-electron chi connectivity index (χ0n) is 18.4. The van der Waals surface area contributed by atoms with E-state index in [9.17, 15) is 0 Å². The summed E-state index contributed by atoms with van der Waals surface area (Å²) in [5.74, 6) is 0. The van der Waals surface area contributed by atoms with Crippen LogP contribution in [-0.4, -0.2) is 30.7 Å². The van der Waals surface area contributed by atoms with E-state index in [4.69, 9.17) is 0 Å². The zero-order chi connectivity index (χ0) is 18.4. The highest BCUT2D eigenvalue weighted by atomic mass is 15.4. The minimum atomic E-state index is 0.551. The van der Waals surface area contributed by atoms with Crippen LogP contribution >= 0.6 is 0 Å². The van der Waals surface area contributed by atoms with Crippen LogP contribution in [-0.2, 0) is 0 Å². The molecule has 0 saturated carbocycles. The first-order valence-corrected chi connectivity index (χ1v) is 11.8. The van der Waals surface area contributed by atoms with Crippen LogP contribution in [0, 0.1) is 0 Å². The quantitative estimate of drug-likeness (QED) is 0.208. The molecule has 1 rings (SSSR count). The Morgan fingerprint density at radius 3 is 1.52 bits per heavy atom. The highest BCUT2D eigenvalue weighted by Crippen LogP contribution is 2.36. The van der Waals surface area contributed by atoms with Crippen molar-refractivity contribution >= 4 is 0 Å². The van der Waals surface area contributed by atoms with Gasteiger partial charge in [-0.1, -0.05) is 90.4 Å². The summed E-state index contributed by atoms with van der Waals surface area (Å²) in [5.41, 5.74) is 0.551. The molecule has 1 nitrogen and oxygen atoms in total. The van der Waals surface area contributed by atoms with Gasteiger partial charge in [-0.25, -0.2) is 0 Å². The molecular formula is C24H50N+. The Balaban J connectivity index is 1.87. The van der Waals surface area contributed by atoms with E-state index in [1.807, 2.05) is 0 Å². The molecule has 1 fully saturated rings. The molecule has 0 spiro atoms. The van der Waals surface area contributed by atoms with E-state index in [1.165, 1.54) is 127 Å². The summed E-state index contributed by atoms with van der Waals surface area (Å²) in [6, 6.07) is 0. The summed E-state index contributed by atoms with van der Waals surface area (Å²) in [6.45, 7) is 6.24. The molecule has 0 aromatic heterocycles. The van der Waals surface area contributed by atoms with Crippen molar-refractivity contribution in [3.63, 3.8) is 0 Å². The minimum absolute atomic E-state index is 0.551. The monoisotopic (exact) mass is 352 g/mol. The number of piperidine rings is 1. The average molecular weight is 353 g/mol. The van der Waals surface area contributed by atoms with Gasteiger partial charge < -0.3 is 4.48 Å². The molecule has 25 heavy (non-hydrogen) atoms. The molecule has 0 aromatic carbocycles. The molecule has 1 heteroatoms. The molecule has 1 aliphatic heterocycles. The second kappa shape index (κ2) is 13.2. The number of nitrogens with zero attached hydrogens (tertiary/aromatic N) is 1. The molecule has 1 atom stereocenters. The fourth-order valence-corrected chi connectivity index (χ4v) is 4.71. The summed E-state index contributed by atoms with van der Waals surface area (Å²) >= 11 is 0. The van der Waals surface area contributed by atoms with Crippen LogP contribution in [0.15, 0.2) is 0 Å². The van der Waals surface area contributed by atoms with Gasteiger partial charge in [0.15, 0.2) is 0 Å². The number of rotatable bonds is 15. The average Bonchev–Trinajstić information content (AvgIpc) is 2.58. The van der Waals surface area contributed by atoms with Gasteiger partial charge in [0.1, 0.15) is 0 Å². The normalized spacial score (nSPS) is 23.0. The maximum Gasteiger partial charge on any atom is 0.0959 e. The van der Waals surface area contributed by atoms with Crippen LogP contribution in [0.25, 0.3) is 0 Å². The van der Waals surface area contributed by atoms with Gasteiger partial charge in [-0.2, -0.15) is 0 Å². The van der Waals surface area contributed by atoms with Crippen molar-refractivity contribution in [2.24, 2.45) is 0 Å². The lowest BCUT2D eigenvalue weighted by Gasteiger charge is -2.50. The topological polar surface area (TPSA) is 0 Å². The van der Waals surface area contributed by atoms with Crippen molar-refractivity contribution in [3.8, 4) is 0 Å². The summed E-state index contributed by atoms with van der Waals surface area (Å²) < 4.78 is 1.26. The van der Waals surface area contributed by atoms with Crippen molar-refractivity contribution < 1.29 is 4.48 Å². The van der Waals surface area contributed by atoms with Crippen molar-refractivity contribution in [2.75, 3.05) is 20.6 Å². The Hall–Kier alpha value is -0.0400. The molecule has 0 N–H and O–H groups in total. The van der Waals surface area contributed by atoms with Crippen LogP contribution in [0.2, 0.25) is 0 Å².